The van der Waals surface area contributed by atoms with Crippen molar-refractivity contribution in [2.24, 2.45) is 0 Å². The van der Waals surface area contributed by atoms with Crippen LogP contribution < -0.4 is 5.32 Å². The van der Waals surface area contributed by atoms with Gasteiger partial charge >= 0.3 is 11.9 Å². The molecule has 7 nitrogen and oxygen atoms in total. The van der Waals surface area contributed by atoms with E-state index < -0.39 is 18.0 Å². The Morgan fingerprint density at radius 2 is 1.79 bits per heavy atom. The second-order valence-electron chi connectivity index (χ2n) is 8.12. The highest BCUT2D eigenvalue weighted by Crippen LogP contribution is 2.32. The van der Waals surface area contributed by atoms with Gasteiger partial charge in [0.15, 0.2) is 0 Å². The molecule has 0 saturated carbocycles. The normalized spacial score (nSPS) is 12.3. The average molecular weight is 478 g/mol. The van der Waals surface area contributed by atoms with E-state index in [0.29, 0.717) is 31.6 Å². The molecule has 4 rings (SSSR count). The van der Waals surface area contributed by atoms with Gasteiger partial charge in [-0.05, 0) is 36.1 Å². The van der Waals surface area contributed by atoms with Crippen molar-refractivity contribution in [3.05, 3.63) is 77.6 Å². The van der Waals surface area contributed by atoms with Gasteiger partial charge in [-0.3, -0.25) is 4.79 Å². The number of aliphatic carboxylic acids is 1. The lowest BCUT2D eigenvalue weighted by Gasteiger charge is -2.15. The monoisotopic (exact) mass is 477 g/mol. The summed E-state index contributed by atoms with van der Waals surface area (Å²) >= 11 is 1.61. The van der Waals surface area contributed by atoms with Gasteiger partial charge in [0, 0.05) is 35.8 Å². The summed E-state index contributed by atoms with van der Waals surface area (Å²) in [6.07, 6.45) is 2.87. The van der Waals surface area contributed by atoms with Crippen LogP contribution in [0.15, 0.2) is 60.7 Å². The summed E-state index contributed by atoms with van der Waals surface area (Å²) in [5.41, 5.74) is 3.64. The quantitative estimate of drug-likeness (QED) is 0.296. The molecular formula is C26H27N3O4S. The zero-order valence-corrected chi connectivity index (χ0v) is 19.7. The number of thioether (sulfide) groups is 1. The third-order valence-corrected chi connectivity index (χ3v) is 6.53. The minimum absolute atomic E-state index is 0.0118. The van der Waals surface area contributed by atoms with Gasteiger partial charge in [-0.25, -0.2) is 9.78 Å². The Labute approximate surface area is 201 Å². The second-order valence-corrected chi connectivity index (χ2v) is 9.11. The number of rotatable bonds is 11. The van der Waals surface area contributed by atoms with Crippen molar-refractivity contribution in [1.82, 2.24) is 14.9 Å². The van der Waals surface area contributed by atoms with Crippen LogP contribution in [-0.4, -0.2) is 56.3 Å². The van der Waals surface area contributed by atoms with Crippen LogP contribution >= 0.6 is 11.8 Å². The van der Waals surface area contributed by atoms with Gasteiger partial charge in [0.1, 0.15) is 11.7 Å². The number of aromatic nitrogens is 2. The molecule has 176 valence electrons. The zero-order valence-electron chi connectivity index (χ0n) is 18.9. The first-order valence-electron chi connectivity index (χ1n) is 11.1. The number of hydrogen-bond donors (Lipinski definition) is 3. The molecule has 2 heterocycles. The average Bonchev–Trinajstić information content (AvgIpc) is 3.15. The molecular weight excluding hydrogens is 450 g/mol. The summed E-state index contributed by atoms with van der Waals surface area (Å²) in [4.78, 5) is 28.0. The van der Waals surface area contributed by atoms with E-state index in [-0.39, 0.29) is 5.69 Å². The molecule has 0 aliphatic rings. The van der Waals surface area contributed by atoms with Crippen LogP contribution in [0, 0.1) is 0 Å². The lowest BCUT2D eigenvalue weighted by atomic mass is 10.1. The lowest BCUT2D eigenvalue weighted by molar-refractivity contribution is -0.139. The number of hydrogen-bond acceptors (Lipinski definition) is 5. The molecule has 2 aromatic carbocycles. The van der Waals surface area contributed by atoms with Crippen LogP contribution in [-0.2, 0) is 17.8 Å². The third kappa shape index (κ3) is 5.08. The van der Waals surface area contributed by atoms with Gasteiger partial charge in [-0.15, -0.1) is 0 Å². The minimum Gasteiger partial charge on any atom is -0.480 e. The van der Waals surface area contributed by atoms with Gasteiger partial charge < -0.3 is 20.1 Å². The molecule has 0 unspecified atom stereocenters. The fourth-order valence-electron chi connectivity index (χ4n) is 4.28. The van der Waals surface area contributed by atoms with E-state index in [9.17, 15) is 19.8 Å². The van der Waals surface area contributed by atoms with Crippen LogP contribution in [0.1, 0.15) is 28.2 Å². The molecule has 0 spiro atoms. The lowest BCUT2D eigenvalue weighted by Crippen LogP contribution is -2.38. The predicted octanol–water partition coefficient (Wildman–Crippen LogP) is 4.27. The molecule has 3 N–H and O–H groups in total. The van der Waals surface area contributed by atoms with E-state index in [1.54, 1.807) is 17.8 Å². The van der Waals surface area contributed by atoms with E-state index in [2.05, 4.69) is 27.0 Å². The molecule has 0 radical (unpaired) electrons. The summed E-state index contributed by atoms with van der Waals surface area (Å²) < 4.78 is 2.18. The van der Waals surface area contributed by atoms with Crippen molar-refractivity contribution >= 4 is 45.5 Å². The minimum atomic E-state index is -1.08. The number of carboxylic acid groups (broad SMARTS) is 2. The number of aromatic carboxylic acids is 1. The maximum Gasteiger partial charge on any atom is 0.354 e. The standard InChI is InChI=1S/C26H27N3O4S/c1-34-14-12-21(25(30)31)27-13-11-20-24-19(15-22(28-20)26(32)33)18-9-5-6-10-23(18)29(24)16-17-7-3-2-4-8-17/h2-10,15,21,27H,11-14,16H2,1H3,(H,30,31)(H,32,33)/t21-/m0/s1. The van der Waals surface area contributed by atoms with Gasteiger partial charge in [-0.1, -0.05) is 48.5 Å². The van der Waals surface area contributed by atoms with Crippen molar-refractivity contribution in [2.75, 3.05) is 18.6 Å². The molecule has 2 aromatic heterocycles. The highest BCUT2D eigenvalue weighted by Gasteiger charge is 2.20. The van der Waals surface area contributed by atoms with E-state index in [1.165, 1.54) is 0 Å². The number of fused-ring (bicyclic) bond motifs is 3. The van der Waals surface area contributed by atoms with E-state index >= 15 is 0 Å². The van der Waals surface area contributed by atoms with E-state index in [1.807, 2.05) is 48.7 Å². The molecule has 1 atom stereocenters. The molecule has 0 amide bonds. The highest BCUT2D eigenvalue weighted by atomic mass is 32.2. The van der Waals surface area contributed by atoms with Crippen molar-refractivity contribution in [1.29, 1.82) is 0 Å². The molecule has 0 aliphatic heterocycles. The molecule has 34 heavy (non-hydrogen) atoms. The predicted molar refractivity (Wildman–Crippen MR) is 136 cm³/mol. The van der Waals surface area contributed by atoms with Crippen molar-refractivity contribution in [3.63, 3.8) is 0 Å². The Bertz CT molecular complexity index is 1320. The third-order valence-electron chi connectivity index (χ3n) is 5.88. The number of benzene rings is 2. The van der Waals surface area contributed by atoms with Crippen LogP contribution in [0.4, 0.5) is 0 Å². The van der Waals surface area contributed by atoms with Gasteiger partial charge in [0.05, 0.1) is 11.2 Å². The number of carbonyl (C=O) groups is 2. The Hall–Kier alpha value is -3.36. The Morgan fingerprint density at radius 3 is 2.50 bits per heavy atom. The molecule has 0 aliphatic carbocycles. The topological polar surface area (TPSA) is 104 Å². The summed E-state index contributed by atoms with van der Waals surface area (Å²) in [5.74, 6) is -1.23. The smallest absolute Gasteiger partial charge is 0.354 e. The highest BCUT2D eigenvalue weighted by molar-refractivity contribution is 7.98. The number of para-hydroxylation sites is 1. The fourth-order valence-corrected chi connectivity index (χ4v) is 4.75. The molecule has 0 fully saturated rings. The molecule has 0 saturated heterocycles. The number of nitrogens with zero attached hydrogens (tertiary/aromatic N) is 2. The van der Waals surface area contributed by atoms with Gasteiger partial charge in [-0.2, -0.15) is 11.8 Å². The number of nitrogens with one attached hydrogen (secondary N) is 1. The summed E-state index contributed by atoms with van der Waals surface area (Å²) in [6.45, 7) is 0.994. The van der Waals surface area contributed by atoms with Crippen molar-refractivity contribution in [3.8, 4) is 0 Å². The first kappa shape index (κ1) is 23.8. The molecule has 4 aromatic rings. The van der Waals surface area contributed by atoms with Gasteiger partial charge in [0.2, 0.25) is 0 Å². The fraction of sp³-hybridized carbons (Fsp3) is 0.269. The Kier molecular flexibility index (Phi) is 7.49. The van der Waals surface area contributed by atoms with E-state index in [4.69, 9.17) is 0 Å². The summed E-state index contributed by atoms with van der Waals surface area (Å²) in [6, 6.07) is 19.0. The van der Waals surface area contributed by atoms with Crippen LogP contribution in [0.3, 0.4) is 0 Å². The summed E-state index contributed by atoms with van der Waals surface area (Å²) in [7, 11) is 0. The van der Waals surface area contributed by atoms with Crippen LogP contribution in [0.5, 0.6) is 0 Å². The van der Waals surface area contributed by atoms with Crippen LogP contribution in [0.2, 0.25) is 0 Å². The first-order chi connectivity index (χ1) is 16.5. The SMILES string of the molecule is CSCC[C@H](NCCc1nc(C(=O)O)cc2c3ccccc3n(Cc3ccccc3)c12)C(=O)O. The molecule has 0 bridgehead atoms. The summed E-state index contributed by atoms with van der Waals surface area (Å²) in [5, 5.41) is 24.1. The largest absolute Gasteiger partial charge is 0.480 e. The van der Waals surface area contributed by atoms with E-state index in [0.717, 1.165) is 33.1 Å². The zero-order chi connectivity index (χ0) is 24.1. The number of pyridine rings is 1. The van der Waals surface area contributed by atoms with Crippen LogP contribution in [0.25, 0.3) is 21.8 Å². The second kappa shape index (κ2) is 10.7. The van der Waals surface area contributed by atoms with Gasteiger partial charge in [0.25, 0.3) is 0 Å². The Balaban J connectivity index is 1.78. The van der Waals surface area contributed by atoms with Crippen molar-refractivity contribution < 1.29 is 19.8 Å². The molecule has 8 heteroatoms. The Morgan fingerprint density at radius 1 is 1.06 bits per heavy atom. The number of carboxylic acids is 2. The van der Waals surface area contributed by atoms with Crippen molar-refractivity contribution in [2.45, 2.75) is 25.4 Å². The first-order valence-corrected chi connectivity index (χ1v) is 12.5. The maximum absolute atomic E-state index is 11.9. The maximum atomic E-state index is 11.9.